The molecule has 2 heterocycles. The van der Waals surface area contributed by atoms with E-state index in [9.17, 15) is 4.79 Å². The number of H-pyrrole nitrogens is 1. The van der Waals surface area contributed by atoms with Crippen molar-refractivity contribution in [1.29, 1.82) is 0 Å². The van der Waals surface area contributed by atoms with E-state index in [1.54, 1.807) is 0 Å². The van der Waals surface area contributed by atoms with E-state index in [4.69, 9.17) is 0 Å². The van der Waals surface area contributed by atoms with E-state index in [0.29, 0.717) is 5.92 Å². The second-order valence-electron chi connectivity index (χ2n) is 7.35. The molecule has 1 unspecified atom stereocenters. The van der Waals surface area contributed by atoms with Gasteiger partial charge in [-0.25, -0.2) is 4.98 Å². The van der Waals surface area contributed by atoms with Crippen molar-refractivity contribution in [2.75, 3.05) is 19.6 Å². The Bertz CT molecular complexity index is 514. The standard InChI is InChI=1S/C15H25N5O/c1-15(2,3)14-17-12(18-19-14)13(21)16-8-10-6-7-20(9-10)11-4-5-11/h10-11H,4-9H2,1-3H3,(H,16,21)(H,17,18,19). The molecule has 3 rings (SSSR count). The maximum atomic E-state index is 12.1. The van der Waals surface area contributed by atoms with Crippen LogP contribution in [0.25, 0.3) is 0 Å². The predicted octanol–water partition coefficient (Wildman–Crippen LogP) is 1.32. The van der Waals surface area contributed by atoms with Crippen LogP contribution in [0, 0.1) is 5.92 Å². The predicted molar refractivity (Wildman–Crippen MR) is 80.1 cm³/mol. The van der Waals surface area contributed by atoms with Crippen LogP contribution in [0.4, 0.5) is 0 Å². The fraction of sp³-hybridized carbons (Fsp3) is 0.800. The number of likely N-dealkylation sites (tertiary alicyclic amines) is 1. The monoisotopic (exact) mass is 291 g/mol. The minimum absolute atomic E-state index is 0.123. The Kier molecular flexibility index (Phi) is 3.73. The molecule has 1 saturated heterocycles. The van der Waals surface area contributed by atoms with E-state index in [1.807, 2.05) is 20.8 Å². The molecule has 0 radical (unpaired) electrons. The zero-order chi connectivity index (χ0) is 15.0. The third-order valence-corrected chi connectivity index (χ3v) is 4.33. The van der Waals surface area contributed by atoms with Crippen molar-refractivity contribution in [3.63, 3.8) is 0 Å². The van der Waals surface area contributed by atoms with Crippen molar-refractivity contribution in [1.82, 2.24) is 25.4 Å². The van der Waals surface area contributed by atoms with Gasteiger partial charge in [0.25, 0.3) is 5.91 Å². The van der Waals surface area contributed by atoms with Crippen LogP contribution in [0.15, 0.2) is 0 Å². The molecule has 0 bridgehead atoms. The van der Waals surface area contributed by atoms with Gasteiger partial charge < -0.3 is 10.2 Å². The van der Waals surface area contributed by atoms with E-state index >= 15 is 0 Å². The van der Waals surface area contributed by atoms with Crippen LogP contribution in [-0.4, -0.2) is 51.7 Å². The van der Waals surface area contributed by atoms with Crippen LogP contribution in [0.5, 0.6) is 0 Å². The summed E-state index contributed by atoms with van der Waals surface area (Å²) in [4.78, 5) is 18.9. The summed E-state index contributed by atoms with van der Waals surface area (Å²) in [6.07, 6.45) is 3.88. The van der Waals surface area contributed by atoms with E-state index in [1.165, 1.54) is 25.8 Å². The molecular formula is C15H25N5O. The van der Waals surface area contributed by atoms with Crippen LogP contribution in [0.1, 0.15) is 56.5 Å². The fourth-order valence-corrected chi connectivity index (χ4v) is 2.82. The van der Waals surface area contributed by atoms with Crippen LogP contribution in [0.2, 0.25) is 0 Å². The molecule has 1 aromatic rings. The van der Waals surface area contributed by atoms with Crippen molar-refractivity contribution in [3.05, 3.63) is 11.6 Å². The molecular weight excluding hydrogens is 266 g/mol. The lowest BCUT2D eigenvalue weighted by molar-refractivity contribution is 0.0937. The van der Waals surface area contributed by atoms with Crippen molar-refractivity contribution in [2.45, 2.75) is 51.5 Å². The summed E-state index contributed by atoms with van der Waals surface area (Å²) >= 11 is 0. The number of hydrogen-bond donors (Lipinski definition) is 2. The number of carbonyl (C=O) groups is 1. The zero-order valence-corrected chi connectivity index (χ0v) is 13.1. The Morgan fingerprint density at radius 2 is 2.14 bits per heavy atom. The second kappa shape index (κ2) is 5.40. The first-order valence-electron chi connectivity index (χ1n) is 7.88. The molecule has 1 aromatic heterocycles. The first kappa shape index (κ1) is 14.5. The molecule has 2 fully saturated rings. The number of carbonyl (C=O) groups excluding carboxylic acids is 1. The smallest absolute Gasteiger partial charge is 0.290 e. The normalized spacial score (nSPS) is 23.5. The summed E-state index contributed by atoms with van der Waals surface area (Å²) < 4.78 is 0. The maximum Gasteiger partial charge on any atom is 0.290 e. The third-order valence-electron chi connectivity index (χ3n) is 4.33. The molecule has 2 N–H and O–H groups in total. The number of aromatic amines is 1. The average molecular weight is 291 g/mol. The van der Waals surface area contributed by atoms with Gasteiger partial charge in [0.1, 0.15) is 5.82 Å². The molecule has 1 aliphatic heterocycles. The van der Waals surface area contributed by atoms with Gasteiger partial charge in [0, 0.05) is 24.5 Å². The Morgan fingerprint density at radius 3 is 2.76 bits per heavy atom. The molecule has 21 heavy (non-hydrogen) atoms. The van der Waals surface area contributed by atoms with Gasteiger partial charge in [0.15, 0.2) is 0 Å². The molecule has 1 saturated carbocycles. The Morgan fingerprint density at radius 1 is 1.38 bits per heavy atom. The summed E-state index contributed by atoms with van der Waals surface area (Å²) in [7, 11) is 0. The van der Waals surface area contributed by atoms with Gasteiger partial charge >= 0.3 is 0 Å². The Labute approximate surface area is 125 Å². The molecule has 1 atom stereocenters. The first-order chi connectivity index (χ1) is 9.93. The highest BCUT2D eigenvalue weighted by atomic mass is 16.2. The SMILES string of the molecule is CC(C)(C)c1nc(C(=O)NCC2CCN(C3CC3)C2)n[nH]1. The van der Waals surface area contributed by atoms with Gasteiger partial charge in [-0.2, -0.15) is 0 Å². The Hall–Kier alpha value is -1.43. The lowest BCUT2D eigenvalue weighted by atomic mass is 9.96. The molecule has 6 nitrogen and oxygen atoms in total. The van der Waals surface area contributed by atoms with Crippen LogP contribution in [0.3, 0.4) is 0 Å². The average Bonchev–Trinajstić information content (AvgIpc) is 2.97. The Balaban J connectivity index is 1.49. The van der Waals surface area contributed by atoms with Crippen molar-refractivity contribution in [2.24, 2.45) is 5.92 Å². The first-order valence-corrected chi connectivity index (χ1v) is 7.88. The van der Waals surface area contributed by atoms with E-state index < -0.39 is 0 Å². The number of aromatic nitrogens is 3. The number of amides is 1. The van der Waals surface area contributed by atoms with Gasteiger partial charge in [-0.1, -0.05) is 20.8 Å². The quantitative estimate of drug-likeness (QED) is 0.877. The largest absolute Gasteiger partial charge is 0.349 e. The van der Waals surface area contributed by atoms with Crippen molar-refractivity contribution >= 4 is 5.91 Å². The molecule has 0 aromatic carbocycles. The minimum atomic E-state index is -0.174. The number of hydrogen-bond acceptors (Lipinski definition) is 4. The van der Waals surface area contributed by atoms with Gasteiger partial charge in [-0.05, 0) is 31.7 Å². The highest BCUT2D eigenvalue weighted by molar-refractivity contribution is 5.90. The lowest BCUT2D eigenvalue weighted by Crippen LogP contribution is -2.32. The van der Waals surface area contributed by atoms with E-state index in [-0.39, 0.29) is 17.1 Å². The zero-order valence-electron chi connectivity index (χ0n) is 13.1. The summed E-state index contributed by atoms with van der Waals surface area (Å²) in [6, 6.07) is 0.827. The van der Waals surface area contributed by atoms with Crippen LogP contribution < -0.4 is 5.32 Å². The third kappa shape index (κ3) is 3.43. The van der Waals surface area contributed by atoms with Crippen LogP contribution >= 0.6 is 0 Å². The fourth-order valence-electron chi connectivity index (χ4n) is 2.82. The van der Waals surface area contributed by atoms with Gasteiger partial charge in [0.2, 0.25) is 5.82 Å². The molecule has 1 aliphatic carbocycles. The summed E-state index contributed by atoms with van der Waals surface area (Å²) in [5.74, 6) is 1.38. The van der Waals surface area contributed by atoms with Crippen molar-refractivity contribution in [3.8, 4) is 0 Å². The minimum Gasteiger partial charge on any atom is -0.349 e. The van der Waals surface area contributed by atoms with Crippen molar-refractivity contribution < 1.29 is 4.79 Å². The number of nitrogens with zero attached hydrogens (tertiary/aromatic N) is 3. The highest BCUT2D eigenvalue weighted by Gasteiger charge is 2.34. The molecule has 1 amide bonds. The summed E-state index contributed by atoms with van der Waals surface area (Å²) in [5.41, 5.74) is -0.123. The maximum absolute atomic E-state index is 12.1. The number of nitrogens with one attached hydrogen (secondary N) is 2. The summed E-state index contributed by atoms with van der Waals surface area (Å²) in [5, 5.41) is 9.85. The molecule has 6 heteroatoms. The lowest BCUT2D eigenvalue weighted by Gasteiger charge is -2.14. The highest BCUT2D eigenvalue weighted by Crippen LogP contribution is 2.31. The molecule has 2 aliphatic rings. The van der Waals surface area contributed by atoms with Gasteiger partial charge in [-0.3, -0.25) is 9.89 Å². The second-order valence-corrected chi connectivity index (χ2v) is 7.35. The van der Waals surface area contributed by atoms with E-state index in [0.717, 1.165) is 25.0 Å². The van der Waals surface area contributed by atoms with E-state index in [2.05, 4.69) is 25.4 Å². The van der Waals surface area contributed by atoms with Crippen LogP contribution in [-0.2, 0) is 5.41 Å². The summed E-state index contributed by atoms with van der Waals surface area (Å²) in [6.45, 7) is 9.15. The topological polar surface area (TPSA) is 73.9 Å². The number of rotatable bonds is 4. The van der Waals surface area contributed by atoms with Gasteiger partial charge in [-0.15, -0.1) is 5.10 Å². The molecule has 116 valence electrons. The van der Waals surface area contributed by atoms with Gasteiger partial charge in [0.05, 0.1) is 0 Å². The molecule has 0 spiro atoms.